The van der Waals surface area contributed by atoms with Gasteiger partial charge in [0.15, 0.2) is 0 Å². The molecule has 1 amide bonds. The van der Waals surface area contributed by atoms with Gasteiger partial charge in [-0.3, -0.25) is 9.59 Å². The molecule has 1 aromatic rings. The van der Waals surface area contributed by atoms with Crippen molar-refractivity contribution in [1.82, 2.24) is 5.32 Å². The number of nitrogens with one attached hydrogen (secondary N) is 1. The molecule has 1 aliphatic heterocycles. The van der Waals surface area contributed by atoms with Gasteiger partial charge < -0.3 is 10.2 Å². The molecule has 0 unspecified atom stereocenters. The van der Waals surface area contributed by atoms with Crippen LogP contribution in [0.25, 0.3) is 0 Å². The van der Waals surface area contributed by atoms with Gasteiger partial charge in [0.2, 0.25) is 0 Å². The largest absolute Gasteiger partial charge is 0.310 e. The lowest BCUT2D eigenvalue weighted by molar-refractivity contribution is -0.114. The lowest BCUT2D eigenvalue weighted by Crippen LogP contribution is -2.42. The van der Waals surface area contributed by atoms with Crippen molar-refractivity contribution in [3.63, 3.8) is 0 Å². The first-order valence-electron chi connectivity index (χ1n) is 6.20. The van der Waals surface area contributed by atoms with Gasteiger partial charge in [-0.25, -0.2) is 0 Å². The van der Waals surface area contributed by atoms with E-state index in [0.717, 1.165) is 0 Å². The number of hydrogen-bond acceptors (Lipinski definition) is 3. The molecular formula is C14H17ClN2O2. The number of rotatable bonds is 3. The van der Waals surface area contributed by atoms with Gasteiger partial charge in [-0.15, -0.1) is 0 Å². The number of halogens is 1. The van der Waals surface area contributed by atoms with Gasteiger partial charge in [-0.2, -0.15) is 0 Å². The van der Waals surface area contributed by atoms with E-state index < -0.39 is 11.7 Å². The fourth-order valence-corrected chi connectivity index (χ4v) is 2.20. The number of carbonyl (C=O) groups excluding carboxylic acids is 2. The SMILES string of the molecule is CC(C)(C)NCCN1C(=O)C(=O)c2ccc(Cl)cc21. The molecule has 2 rings (SSSR count). The minimum atomic E-state index is -0.479. The van der Waals surface area contributed by atoms with Crippen molar-refractivity contribution >= 4 is 29.0 Å². The van der Waals surface area contributed by atoms with Gasteiger partial charge in [0.1, 0.15) is 0 Å². The van der Waals surface area contributed by atoms with Gasteiger partial charge in [-0.05, 0) is 39.0 Å². The van der Waals surface area contributed by atoms with Crippen molar-refractivity contribution < 1.29 is 9.59 Å². The highest BCUT2D eigenvalue weighted by atomic mass is 35.5. The van der Waals surface area contributed by atoms with Crippen LogP contribution in [-0.2, 0) is 4.79 Å². The third-order valence-corrected chi connectivity index (χ3v) is 3.16. The fraction of sp³-hybridized carbons (Fsp3) is 0.429. The highest BCUT2D eigenvalue weighted by molar-refractivity contribution is 6.52. The third kappa shape index (κ3) is 2.96. The Balaban J connectivity index is 2.16. The molecule has 0 radical (unpaired) electrons. The highest BCUT2D eigenvalue weighted by Gasteiger charge is 2.35. The zero-order chi connectivity index (χ0) is 14.2. The number of benzene rings is 1. The molecule has 0 spiro atoms. The maximum absolute atomic E-state index is 11.9. The Labute approximate surface area is 117 Å². The Hall–Kier alpha value is -1.39. The second kappa shape index (κ2) is 4.94. The smallest absolute Gasteiger partial charge is 0.299 e. The maximum atomic E-state index is 11.9. The van der Waals surface area contributed by atoms with Crippen LogP contribution in [0.5, 0.6) is 0 Å². The number of anilines is 1. The molecule has 102 valence electrons. The summed E-state index contributed by atoms with van der Waals surface area (Å²) in [5.74, 6) is -0.935. The number of hydrogen-bond donors (Lipinski definition) is 1. The quantitative estimate of drug-likeness (QED) is 0.864. The Morgan fingerprint density at radius 3 is 2.58 bits per heavy atom. The number of fused-ring (bicyclic) bond motifs is 1. The van der Waals surface area contributed by atoms with E-state index in [9.17, 15) is 9.59 Å². The molecule has 0 saturated carbocycles. The molecule has 1 N–H and O–H groups in total. The summed E-state index contributed by atoms with van der Waals surface area (Å²) < 4.78 is 0. The van der Waals surface area contributed by atoms with E-state index in [-0.39, 0.29) is 5.54 Å². The van der Waals surface area contributed by atoms with Gasteiger partial charge in [0.05, 0.1) is 11.3 Å². The lowest BCUT2D eigenvalue weighted by atomic mass is 10.1. The monoisotopic (exact) mass is 280 g/mol. The van der Waals surface area contributed by atoms with Crippen LogP contribution in [0, 0.1) is 0 Å². The maximum Gasteiger partial charge on any atom is 0.299 e. The third-order valence-electron chi connectivity index (χ3n) is 2.93. The van der Waals surface area contributed by atoms with Crippen LogP contribution in [0.4, 0.5) is 5.69 Å². The van der Waals surface area contributed by atoms with E-state index in [1.165, 1.54) is 4.90 Å². The van der Waals surface area contributed by atoms with Crippen molar-refractivity contribution in [3.05, 3.63) is 28.8 Å². The molecule has 0 aliphatic carbocycles. The second-order valence-corrected chi connectivity index (χ2v) is 6.06. The molecule has 1 aliphatic rings. The normalized spacial score (nSPS) is 15.1. The minimum absolute atomic E-state index is 0.0239. The molecular weight excluding hydrogens is 264 g/mol. The molecule has 0 atom stereocenters. The summed E-state index contributed by atoms with van der Waals surface area (Å²) in [6, 6.07) is 4.90. The highest BCUT2D eigenvalue weighted by Crippen LogP contribution is 2.31. The molecule has 1 heterocycles. The summed E-state index contributed by atoms with van der Waals surface area (Å²) in [7, 11) is 0. The summed E-state index contributed by atoms with van der Waals surface area (Å²) in [4.78, 5) is 25.2. The first kappa shape index (κ1) is 14.0. The number of Topliss-reactive ketones (excluding diaryl/α,β-unsaturated/α-hetero) is 1. The van der Waals surface area contributed by atoms with E-state index in [1.54, 1.807) is 18.2 Å². The Kier molecular flexibility index (Phi) is 3.65. The van der Waals surface area contributed by atoms with Gasteiger partial charge in [0, 0.05) is 23.7 Å². The number of ketones is 1. The zero-order valence-electron chi connectivity index (χ0n) is 11.3. The van der Waals surface area contributed by atoms with Crippen molar-refractivity contribution in [2.24, 2.45) is 0 Å². The second-order valence-electron chi connectivity index (χ2n) is 5.62. The average molecular weight is 281 g/mol. The first-order chi connectivity index (χ1) is 8.79. The Morgan fingerprint density at radius 2 is 1.95 bits per heavy atom. The summed E-state index contributed by atoms with van der Waals surface area (Å²) in [5.41, 5.74) is 1.02. The predicted octanol–water partition coefficient (Wildman–Crippen LogP) is 2.26. The van der Waals surface area contributed by atoms with E-state index in [1.807, 2.05) is 0 Å². The van der Waals surface area contributed by atoms with Crippen molar-refractivity contribution in [3.8, 4) is 0 Å². The zero-order valence-corrected chi connectivity index (χ0v) is 12.0. The van der Waals surface area contributed by atoms with Gasteiger partial charge in [-0.1, -0.05) is 11.6 Å². The lowest BCUT2D eigenvalue weighted by Gasteiger charge is -2.23. The summed E-state index contributed by atoms with van der Waals surface area (Å²) >= 11 is 5.93. The molecule has 5 heteroatoms. The summed E-state index contributed by atoms with van der Waals surface area (Å²) in [5, 5.41) is 3.81. The molecule has 0 bridgehead atoms. The van der Waals surface area contributed by atoms with E-state index in [2.05, 4.69) is 26.1 Å². The number of nitrogens with zero attached hydrogens (tertiary/aromatic N) is 1. The molecule has 19 heavy (non-hydrogen) atoms. The summed E-state index contributed by atoms with van der Waals surface area (Å²) in [6.45, 7) is 7.22. The van der Waals surface area contributed by atoms with E-state index in [0.29, 0.717) is 29.4 Å². The number of carbonyl (C=O) groups is 2. The van der Waals surface area contributed by atoms with Crippen LogP contribution < -0.4 is 10.2 Å². The van der Waals surface area contributed by atoms with Crippen LogP contribution in [0.2, 0.25) is 5.02 Å². The molecule has 0 aromatic heterocycles. The molecule has 0 saturated heterocycles. The number of amides is 1. The Morgan fingerprint density at radius 1 is 1.26 bits per heavy atom. The molecule has 4 nitrogen and oxygen atoms in total. The van der Waals surface area contributed by atoms with Crippen LogP contribution in [0.15, 0.2) is 18.2 Å². The minimum Gasteiger partial charge on any atom is -0.310 e. The fourth-order valence-electron chi connectivity index (χ4n) is 2.03. The molecule has 0 fully saturated rings. The first-order valence-corrected chi connectivity index (χ1v) is 6.58. The van der Waals surface area contributed by atoms with Crippen molar-refractivity contribution in [2.45, 2.75) is 26.3 Å². The topological polar surface area (TPSA) is 49.4 Å². The Bertz CT molecular complexity index is 535. The van der Waals surface area contributed by atoms with E-state index >= 15 is 0 Å². The van der Waals surface area contributed by atoms with Crippen LogP contribution in [0.1, 0.15) is 31.1 Å². The van der Waals surface area contributed by atoms with Gasteiger partial charge >= 0.3 is 0 Å². The summed E-state index contributed by atoms with van der Waals surface area (Å²) in [6.07, 6.45) is 0. The van der Waals surface area contributed by atoms with Crippen molar-refractivity contribution in [2.75, 3.05) is 18.0 Å². The van der Waals surface area contributed by atoms with Crippen LogP contribution in [0.3, 0.4) is 0 Å². The van der Waals surface area contributed by atoms with Crippen LogP contribution in [-0.4, -0.2) is 30.3 Å². The average Bonchev–Trinajstić information content (AvgIpc) is 2.52. The standard InChI is InChI=1S/C14H17ClN2O2/c1-14(2,3)16-6-7-17-11-8-9(15)4-5-10(11)12(18)13(17)19/h4-5,8,16H,6-7H2,1-3H3. The van der Waals surface area contributed by atoms with Crippen molar-refractivity contribution in [1.29, 1.82) is 0 Å². The molecule has 1 aromatic carbocycles. The van der Waals surface area contributed by atoms with Crippen LogP contribution >= 0.6 is 11.6 Å². The van der Waals surface area contributed by atoms with Gasteiger partial charge in [0.25, 0.3) is 11.7 Å². The predicted molar refractivity (Wildman–Crippen MR) is 75.9 cm³/mol. The van der Waals surface area contributed by atoms with E-state index in [4.69, 9.17) is 11.6 Å².